The highest BCUT2D eigenvalue weighted by Crippen LogP contribution is 2.28. The number of phenols is 1. The Balaban J connectivity index is 3.20. The molecule has 0 spiro atoms. The van der Waals surface area contributed by atoms with Gasteiger partial charge in [-0.05, 0) is 12.1 Å². The maximum Gasteiger partial charge on any atom is 0.154 e. The summed E-state index contributed by atoms with van der Waals surface area (Å²) in [5.41, 5.74) is 11.3. The van der Waals surface area contributed by atoms with Crippen molar-refractivity contribution in [2.75, 3.05) is 12.3 Å². The van der Waals surface area contributed by atoms with Gasteiger partial charge in [-0.2, -0.15) is 0 Å². The molecule has 3 nitrogen and oxygen atoms in total. The van der Waals surface area contributed by atoms with Gasteiger partial charge in [0.05, 0.1) is 17.8 Å². The molecule has 13 heavy (non-hydrogen) atoms. The molecule has 1 rings (SSSR count). The lowest BCUT2D eigenvalue weighted by Gasteiger charge is -2.01. The topological polar surface area (TPSA) is 72.3 Å². The van der Waals surface area contributed by atoms with Gasteiger partial charge in [0.1, 0.15) is 0 Å². The van der Waals surface area contributed by atoms with Gasteiger partial charge in [-0.3, -0.25) is 0 Å². The van der Waals surface area contributed by atoms with Crippen molar-refractivity contribution in [3.63, 3.8) is 0 Å². The molecule has 4 heteroatoms. The van der Waals surface area contributed by atoms with Gasteiger partial charge in [-0.25, -0.2) is 0 Å². The van der Waals surface area contributed by atoms with Crippen LogP contribution < -0.4 is 11.5 Å². The Morgan fingerprint density at radius 2 is 2.15 bits per heavy atom. The summed E-state index contributed by atoms with van der Waals surface area (Å²) in [5, 5.41) is 9.86. The van der Waals surface area contributed by atoms with Crippen molar-refractivity contribution in [1.82, 2.24) is 0 Å². The molecule has 1 aromatic rings. The van der Waals surface area contributed by atoms with E-state index >= 15 is 0 Å². The molecule has 0 aromatic heterocycles. The fourth-order valence-electron chi connectivity index (χ4n) is 0.862. The van der Waals surface area contributed by atoms with Crippen LogP contribution in [0.2, 0.25) is 5.02 Å². The smallest absolute Gasteiger partial charge is 0.154 e. The lowest BCUT2D eigenvalue weighted by molar-refractivity contribution is 0.476. The van der Waals surface area contributed by atoms with Crippen LogP contribution in [0.25, 0.3) is 0 Å². The van der Waals surface area contributed by atoms with E-state index in [-0.39, 0.29) is 18.0 Å². The molecule has 0 aliphatic heterocycles. The van der Waals surface area contributed by atoms with Gasteiger partial charge in [0.25, 0.3) is 0 Å². The maximum absolute atomic E-state index is 9.42. The summed E-state index contributed by atoms with van der Waals surface area (Å²) < 4.78 is 0. The van der Waals surface area contributed by atoms with Crippen molar-refractivity contribution < 1.29 is 5.11 Å². The van der Waals surface area contributed by atoms with Crippen LogP contribution in [0.15, 0.2) is 12.1 Å². The van der Waals surface area contributed by atoms with Crippen LogP contribution in [0, 0.1) is 11.8 Å². The Labute approximate surface area is 81.3 Å². The third-order valence-corrected chi connectivity index (χ3v) is 1.65. The number of hydrogen-bond donors (Lipinski definition) is 3. The first kappa shape index (κ1) is 9.72. The first-order valence-corrected chi connectivity index (χ1v) is 4.00. The summed E-state index contributed by atoms with van der Waals surface area (Å²) in [6, 6.07) is 3.00. The lowest BCUT2D eigenvalue weighted by atomic mass is 10.2. The molecule has 1 aromatic carbocycles. The molecule has 0 aliphatic rings. The standard InChI is InChI=1S/C9H9ClN2O/c10-7-4-6(2-1-3-11)9(13)8(12)5-7/h4-5,13H,3,11-12H2. The second-order valence-corrected chi connectivity index (χ2v) is 2.83. The predicted octanol–water partition coefficient (Wildman–Crippen LogP) is 0.938. The number of rotatable bonds is 0. The van der Waals surface area contributed by atoms with Crippen molar-refractivity contribution in [3.8, 4) is 17.6 Å². The molecule has 0 atom stereocenters. The zero-order chi connectivity index (χ0) is 9.84. The maximum atomic E-state index is 9.42. The van der Waals surface area contributed by atoms with Gasteiger partial charge < -0.3 is 16.6 Å². The molecule has 0 saturated carbocycles. The molecule has 68 valence electrons. The van der Waals surface area contributed by atoms with Crippen molar-refractivity contribution in [2.45, 2.75) is 0 Å². The van der Waals surface area contributed by atoms with Crippen LogP contribution in [0.4, 0.5) is 5.69 Å². The number of anilines is 1. The highest BCUT2D eigenvalue weighted by atomic mass is 35.5. The minimum Gasteiger partial charge on any atom is -0.505 e. The number of phenolic OH excluding ortho intramolecular Hbond substituents is 1. The van der Waals surface area contributed by atoms with Gasteiger partial charge in [0.15, 0.2) is 5.75 Å². The monoisotopic (exact) mass is 196 g/mol. The average molecular weight is 197 g/mol. The van der Waals surface area contributed by atoms with Gasteiger partial charge >= 0.3 is 0 Å². The minimum atomic E-state index is -0.0506. The first-order valence-electron chi connectivity index (χ1n) is 3.62. The fraction of sp³-hybridized carbons (Fsp3) is 0.111. The Hall–Kier alpha value is -1.37. The molecule has 0 fully saturated rings. The molecule has 0 amide bonds. The van der Waals surface area contributed by atoms with Crippen molar-refractivity contribution >= 4 is 17.3 Å². The number of nitrogens with two attached hydrogens (primary N) is 2. The molecular formula is C9H9ClN2O. The third kappa shape index (κ3) is 2.28. The average Bonchev–Trinajstić information content (AvgIpc) is 2.09. The number of hydrogen-bond acceptors (Lipinski definition) is 3. The quantitative estimate of drug-likeness (QED) is 0.329. The van der Waals surface area contributed by atoms with Crippen molar-refractivity contribution in [1.29, 1.82) is 0 Å². The highest BCUT2D eigenvalue weighted by molar-refractivity contribution is 6.31. The lowest BCUT2D eigenvalue weighted by Crippen LogP contribution is -1.94. The van der Waals surface area contributed by atoms with Crippen LogP contribution in [0.1, 0.15) is 5.56 Å². The van der Waals surface area contributed by atoms with E-state index in [1.54, 1.807) is 0 Å². The summed E-state index contributed by atoms with van der Waals surface area (Å²) in [7, 11) is 0. The first-order chi connectivity index (χ1) is 6.15. The zero-order valence-corrected chi connectivity index (χ0v) is 7.60. The Kier molecular flexibility index (Phi) is 3.02. The van der Waals surface area contributed by atoms with E-state index in [4.69, 9.17) is 23.1 Å². The molecule has 5 N–H and O–H groups in total. The summed E-state index contributed by atoms with van der Waals surface area (Å²) >= 11 is 5.71. The highest BCUT2D eigenvalue weighted by Gasteiger charge is 2.03. The SMILES string of the molecule is NCC#Cc1cc(Cl)cc(N)c1O. The normalized spacial score (nSPS) is 9.08. The Morgan fingerprint density at radius 1 is 1.46 bits per heavy atom. The van der Waals surface area contributed by atoms with Gasteiger partial charge in [0.2, 0.25) is 0 Å². The molecule has 0 saturated heterocycles. The van der Waals surface area contributed by atoms with Crippen LogP contribution in [0.3, 0.4) is 0 Å². The van der Waals surface area contributed by atoms with Gasteiger partial charge in [0, 0.05) is 5.02 Å². The van der Waals surface area contributed by atoms with E-state index in [1.807, 2.05) is 0 Å². The molecule has 0 heterocycles. The predicted molar refractivity (Wildman–Crippen MR) is 53.5 cm³/mol. The van der Waals surface area contributed by atoms with E-state index < -0.39 is 0 Å². The molecule has 0 unspecified atom stereocenters. The number of nitrogen functional groups attached to an aromatic ring is 1. The van der Waals surface area contributed by atoms with Crippen LogP contribution in [-0.4, -0.2) is 11.7 Å². The van der Waals surface area contributed by atoms with E-state index in [2.05, 4.69) is 11.8 Å². The molecule has 0 bridgehead atoms. The number of benzene rings is 1. The largest absolute Gasteiger partial charge is 0.505 e. The summed E-state index contributed by atoms with van der Waals surface area (Å²) in [6.07, 6.45) is 0. The van der Waals surface area contributed by atoms with E-state index in [0.717, 1.165) is 0 Å². The second-order valence-electron chi connectivity index (χ2n) is 2.40. The Morgan fingerprint density at radius 3 is 2.77 bits per heavy atom. The van der Waals surface area contributed by atoms with Crippen molar-refractivity contribution in [3.05, 3.63) is 22.7 Å². The molecular weight excluding hydrogens is 188 g/mol. The molecule has 0 radical (unpaired) electrons. The summed E-state index contributed by atoms with van der Waals surface area (Å²) in [4.78, 5) is 0. The van der Waals surface area contributed by atoms with Crippen LogP contribution in [-0.2, 0) is 0 Å². The summed E-state index contributed by atoms with van der Waals surface area (Å²) in [6.45, 7) is 0.228. The van der Waals surface area contributed by atoms with Crippen molar-refractivity contribution in [2.24, 2.45) is 5.73 Å². The second kappa shape index (κ2) is 4.04. The summed E-state index contributed by atoms with van der Waals surface area (Å²) in [5.74, 6) is 5.22. The Bertz CT molecular complexity index is 379. The number of aromatic hydroxyl groups is 1. The number of halogens is 1. The van der Waals surface area contributed by atoms with Crippen LogP contribution in [0.5, 0.6) is 5.75 Å². The zero-order valence-electron chi connectivity index (χ0n) is 6.84. The minimum absolute atomic E-state index is 0.0506. The van der Waals surface area contributed by atoms with Gasteiger partial charge in [-0.1, -0.05) is 23.4 Å². The van der Waals surface area contributed by atoms with E-state index in [9.17, 15) is 5.11 Å². The van der Waals surface area contributed by atoms with Crippen LogP contribution >= 0.6 is 11.6 Å². The van der Waals surface area contributed by atoms with Gasteiger partial charge in [-0.15, -0.1) is 0 Å². The third-order valence-electron chi connectivity index (χ3n) is 1.43. The fourth-order valence-corrected chi connectivity index (χ4v) is 1.09. The van der Waals surface area contributed by atoms with E-state index in [1.165, 1.54) is 12.1 Å². The van der Waals surface area contributed by atoms with E-state index in [0.29, 0.717) is 10.6 Å². The molecule has 0 aliphatic carbocycles.